The Kier molecular flexibility index (Phi) is 18.4. The van der Waals surface area contributed by atoms with E-state index in [1.165, 1.54) is 221 Å². The van der Waals surface area contributed by atoms with Gasteiger partial charge in [0, 0.05) is 0 Å². The molecule has 18 rings (SSSR count). The summed E-state index contributed by atoms with van der Waals surface area (Å²) in [6.45, 7) is 17.9. The summed E-state index contributed by atoms with van der Waals surface area (Å²) in [5.41, 5.74) is 40.2. The van der Waals surface area contributed by atoms with Crippen molar-refractivity contribution in [3.63, 3.8) is 0 Å². The Hall–Kier alpha value is -13.0. The van der Waals surface area contributed by atoms with E-state index in [0.717, 1.165) is 0 Å². The molecule has 0 aromatic heterocycles. The fraction of sp³-hybridized carbons (Fsp3) is 0.0741. The Labute approximate surface area is 636 Å². The topological polar surface area (TPSA) is 0 Å². The maximum Gasteiger partial charge on any atom is -0.00260 e. The van der Waals surface area contributed by atoms with Gasteiger partial charge in [0.05, 0.1) is 0 Å². The van der Waals surface area contributed by atoms with Gasteiger partial charge in [0.1, 0.15) is 0 Å². The molecule has 0 heterocycles. The molecule has 108 heavy (non-hydrogen) atoms. The SMILES string of the molecule is Cc1cc2c(-c3ccc(-c4ccc(-c5ccccc5)cc4)cc3)c3cc(C)c(C)cc3c(-c3ccc(-c4ccc(-c5ccccc5)cc4)cc3)c2cc1C.Cc1cc2c(-c3cccc(-c4ccc(-c5ccccc5)cc4)c3)c3cc(C)c(C)cc3c(-c3cccc(-c4ccc(-c5ccccc5)cc4)c3)c2cc1C. The van der Waals surface area contributed by atoms with Crippen LogP contribution in [0.15, 0.2) is 364 Å². The standard InChI is InChI=1S/2C54H42/c1-35-29-49-50(30-36(35)2)54(48-20-12-18-46(34-48)44-27-23-42(24-28-44)40-15-9-6-10-16-40)52-32-38(4)37(3)31-51(52)53(49)47-19-11-17-45(33-47)43-25-21-41(22-26-43)39-13-7-5-8-14-39;1-35-31-49-50(32-36(35)2)54(48-29-25-46(26-30-48)44-21-17-42(18-22-44)40-13-9-6-10-14-40)52-34-38(4)37(3)33-51(52)53(49)47-27-23-45(24-28-47)43-19-15-41(16-20-43)39-11-7-5-8-12-39/h2*5-34H,1-4H3. The predicted molar refractivity (Wildman–Crippen MR) is 466 cm³/mol. The first-order valence-electron chi connectivity index (χ1n) is 37.8. The molecule has 0 aliphatic carbocycles. The molecule has 0 heteroatoms. The Morgan fingerprint density at radius 1 is 0.102 bits per heavy atom. The van der Waals surface area contributed by atoms with E-state index >= 15 is 0 Å². The van der Waals surface area contributed by atoms with Crippen LogP contribution in [0.5, 0.6) is 0 Å². The van der Waals surface area contributed by atoms with Gasteiger partial charge in [-0.2, -0.15) is 0 Å². The van der Waals surface area contributed by atoms with Gasteiger partial charge in [-0.05, 0) is 289 Å². The van der Waals surface area contributed by atoms with Crippen LogP contribution in [0.25, 0.3) is 177 Å². The average Bonchev–Trinajstić information content (AvgIpc) is 0.731. The first-order chi connectivity index (χ1) is 52.8. The summed E-state index contributed by atoms with van der Waals surface area (Å²) < 4.78 is 0. The van der Waals surface area contributed by atoms with Crippen LogP contribution in [0.2, 0.25) is 0 Å². The number of hydrogen-bond donors (Lipinski definition) is 0. The van der Waals surface area contributed by atoms with Crippen LogP contribution in [0.3, 0.4) is 0 Å². The molecule has 0 bridgehead atoms. The van der Waals surface area contributed by atoms with E-state index < -0.39 is 0 Å². The summed E-state index contributed by atoms with van der Waals surface area (Å²) in [5, 5.41) is 10.3. The minimum atomic E-state index is 1.22. The van der Waals surface area contributed by atoms with Crippen molar-refractivity contribution in [3.05, 3.63) is 408 Å². The molecule has 0 aliphatic rings. The summed E-state index contributed by atoms with van der Waals surface area (Å²) in [5.74, 6) is 0. The van der Waals surface area contributed by atoms with Gasteiger partial charge >= 0.3 is 0 Å². The van der Waals surface area contributed by atoms with Gasteiger partial charge in [-0.25, -0.2) is 0 Å². The quantitative estimate of drug-likeness (QED) is 0.107. The maximum absolute atomic E-state index is 2.42. The van der Waals surface area contributed by atoms with Crippen LogP contribution >= 0.6 is 0 Å². The van der Waals surface area contributed by atoms with Gasteiger partial charge in [0.2, 0.25) is 0 Å². The minimum absolute atomic E-state index is 1.22. The van der Waals surface area contributed by atoms with E-state index in [2.05, 4.69) is 419 Å². The summed E-state index contributed by atoms with van der Waals surface area (Å²) in [4.78, 5) is 0. The Bertz CT molecular complexity index is 5840. The first kappa shape index (κ1) is 68.1. The third-order valence-electron chi connectivity index (χ3n) is 22.6. The van der Waals surface area contributed by atoms with Crippen LogP contribution in [0.4, 0.5) is 0 Å². The smallest absolute Gasteiger partial charge is 0.00260 e. The van der Waals surface area contributed by atoms with Gasteiger partial charge in [0.25, 0.3) is 0 Å². The highest BCUT2D eigenvalue weighted by Gasteiger charge is 2.23. The second-order valence-electron chi connectivity index (χ2n) is 29.5. The lowest BCUT2D eigenvalue weighted by molar-refractivity contribution is 1.36. The van der Waals surface area contributed by atoms with Crippen molar-refractivity contribution < 1.29 is 0 Å². The van der Waals surface area contributed by atoms with E-state index in [-0.39, 0.29) is 0 Å². The number of hydrogen-bond acceptors (Lipinski definition) is 0. The molecule has 0 spiro atoms. The Balaban J connectivity index is 0.000000158. The van der Waals surface area contributed by atoms with Crippen molar-refractivity contribution in [2.75, 3.05) is 0 Å². The summed E-state index contributed by atoms with van der Waals surface area (Å²) in [7, 11) is 0. The van der Waals surface area contributed by atoms with Gasteiger partial charge in [-0.15, -0.1) is 0 Å². The molecule has 0 radical (unpaired) electrons. The van der Waals surface area contributed by atoms with Gasteiger partial charge in [-0.3, -0.25) is 0 Å². The molecule has 0 N–H and O–H groups in total. The summed E-state index contributed by atoms with van der Waals surface area (Å²) in [6.07, 6.45) is 0. The average molecular weight is 1380 g/mol. The number of fused-ring (bicyclic) bond motifs is 4. The molecule has 516 valence electrons. The van der Waals surface area contributed by atoms with E-state index in [4.69, 9.17) is 0 Å². The van der Waals surface area contributed by atoms with Crippen molar-refractivity contribution in [2.24, 2.45) is 0 Å². The molecule has 0 nitrogen and oxygen atoms in total. The maximum atomic E-state index is 2.42. The minimum Gasteiger partial charge on any atom is -0.0622 e. The number of benzene rings is 18. The molecule has 18 aromatic rings. The van der Waals surface area contributed by atoms with E-state index in [1.807, 2.05) is 0 Å². The monoisotopic (exact) mass is 1380 g/mol. The van der Waals surface area contributed by atoms with E-state index in [0.29, 0.717) is 0 Å². The van der Waals surface area contributed by atoms with Crippen LogP contribution in [-0.4, -0.2) is 0 Å². The molecular weight excluding hydrogens is 1300 g/mol. The van der Waals surface area contributed by atoms with Crippen LogP contribution < -0.4 is 0 Å². The van der Waals surface area contributed by atoms with Crippen LogP contribution in [-0.2, 0) is 0 Å². The Morgan fingerprint density at radius 2 is 0.231 bits per heavy atom. The van der Waals surface area contributed by atoms with E-state index in [1.54, 1.807) is 0 Å². The third-order valence-corrected chi connectivity index (χ3v) is 22.6. The lowest BCUT2D eigenvalue weighted by Crippen LogP contribution is -1.95. The fourth-order valence-electron chi connectivity index (χ4n) is 16.1. The highest BCUT2D eigenvalue weighted by molar-refractivity contribution is 6.24. The molecule has 0 aliphatic heterocycles. The second kappa shape index (κ2) is 29.2. The molecule has 0 atom stereocenters. The predicted octanol–water partition coefficient (Wildman–Crippen LogP) is 30.5. The van der Waals surface area contributed by atoms with Crippen LogP contribution in [0.1, 0.15) is 44.5 Å². The fourth-order valence-corrected chi connectivity index (χ4v) is 16.1. The van der Waals surface area contributed by atoms with Gasteiger partial charge < -0.3 is 0 Å². The lowest BCUT2D eigenvalue weighted by Gasteiger charge is -2.21. The first-order valence-corrected chi connectivity index (χ1v) is 37.8. The lowest BCUT2D eigenvalue weighted by atomic mass is 9.82. The largest absolute Gasteiger partial charge is 0.0622 e. The molecule has 18 aromatic carbocycles. The molecule has 0 amide bonds. The zero-order chi connectivity index (χ0) is 73.5. The van der Waals surface area contributed by atoms with E-state index in [9.17, 15) is 0 Å². The zero-order valence-electron chi connectivity index (χ0n) is 62.6. The molecule has 0 fully saturated rings. The van der Waals surface area contributed by atoms with Crippen molar-refractivity contribution in [2.45, 2.75) is 55.4 Å². The molecule has 0 unspecified atom stereocenters. The van der Waals surface area contributed by atoms with Gasteiger partial charge in [-0.1, -0.05) is 352 Å². The zero-order valence-corrected chi connectivity index (χ0v) is 62.6. The van der Waals surface area contributed by atoms with Crippen molar-refractivity contribution in [1.82, 2.24) is 0 Å². The van der Waals surface area contributed by atoms with Gasteiger partial charge in [0.15, 0.2) is 0 Å². The highest BCUT2D eigenvalue weighted by atomic mass is 14.3. The normalized spacial score (nSPS) is 11.3. The third kappa shape index (κ3) is 13.3. The summed E-state index contributed by atoms with van der Waals surface area (Å²) >= 11 is 0. The second-order valence-corrected chi connectivity index (χ2v) is 29.5. The molecule has 0 saturated carbocycles. The number of aryl methyl sites for hydroxylation is 8. The number of rotatable bonds is 12. The molecule has 0 saturated heterocycles. The van der Waals surface area contributed by atoms with Crippen molar-refractivity contribution >= 4 is 43.1 Å². The molecular formula is C108H84. The van der Waals surface area contributed by atoms with Crippen molar-refractivity contribution in [1.29, 1.82) is 0 Å². The van der Waals surface area contributed by atoms with Crippen molar-refractivity contribution in [3.8, 4) is 134 Å². The summed E-state index contributed by atoms with van der Waals surface area (Å²) in [6, 6.07) is 134. The van der Waals surface area contributed by atoms with Crippen LogP contribution in [0, 0.1) is 55.4 Å². The highest BCUT2D eigenvalue weighted by Crippen LogP contribution is 2.49. The Morgan fingerprint density at radius 3 is 0.417 bits per heavy atom.